The van der Waals surface area contributed by atoms with Gasteiger partial charge in [-0.15, -0.1) is 0 Å². The zero-order valence-corrected chi connectivity index (χ0v) is 12.7. The second-order valence-electron chi connectivity index (χ2n) is 5.52. The van der Waals surface area contributed by atoms with Gasteiger partial charge in [0.05, 0.1) is 0 Å². The summed E-state index contributed by atoms with van der Waals surface area (Å²) in [5.41, 5.74) is 1.03. The van der Waals surface area contributed by atoms with E-state index in [1.54, 1.807) is 0 Å². The molecule has 1 amide bonds. The Morgan fingerprint density at radius 2 is 1.90 bits per heavy atom. The van der Waals surface area contributed by atoms with Crippen LogP contribution >= 0.6 is 0 Å². The average Bonchev–Trinajstić information content (AvgIpc) is 2.51. The van der Waals surface area contributed by atoms with Crippen LogP contribution in [0, 0.1) is 0 Å². The maximum absolute atomic E-state index is 12.6. The molecule has 5 nitrogen and oxygen atoms in total. The number of aliphatic hydroxyl groups is 1. The van der Waals surface area contributed by atoms with E-state index < -0.39 is 0 Å². The maximum Gasteiger partial charge on any atom is 0.241 e. The van der Waals surface area contributed by atoms with Crippen LogP contribution in [-0.4, -0.2) is 67.2 Å². The van der Waals surface area contributed by atoms with E-state index >= 15 is 0 Å². The molecule has 0 aliphatic carbocycles. The molecular formula is C16H25N3O2. The minimum Gasteiger partial charge on any atom is -0.396 e. The first-order valence-corrected chi connectivity index (χ1v) is 7.58. The van der Waals surface area contributed by atoms with Gasteiger partial charge >= 0.3 is 0 Å². The summed E-state index contributed by atoms with van der Waals surface area (Å²) >= 11 is 0. The third-order valence-corrected chi connectivity index (χ3v) is 3.90. The molecule has 0 radical (unpaired) electrons. The molecule has 2 N–H and O–H groups in total. The Labute approximate surface area is 126 Å². The van der Waals surface area contributed by atoms with E-state index in [2.05, 4.69) is 22.2 Å². The fourth-order valence-electron chi connectivity index (χ4n) is 2.63. The van der Waals surface area contributed by atoms with E-state index in [4.69, 9.17) is 5.11 Å². The van der Waals surface area contributed by atoms with Gasteiger partial charge in [-0.1, -0.05) is 30.3 Å². The Hall–Kier alpha value is -1.43. The number of benzene rings is 1. The van der Waals surface area contributed by atoms with Gasteiger partial charge in [0.1, 0.15) is 6.04 Å². The van der Waals surface area contributed by atoms with Crippen LogP contribution in [0.2, 0.25) is 0 Å². The third-order valence-electron chi connectivity index (χ3n) is 3.90. The molecule has 21 heavy (non-hydrogen) atoms. The molecule has 5 heteroatoms. The number of piperazine rings is 1. The zero-order valence-electron chi connectivity index (χ0n) is 12.7. The van der Waals surface area contributed by atoms with Gasteiger partial charge in [0.25, 0.3) is 0 Å². The second kappa shape index (κ2) is 8.12. The minimum atomic E-state index is -0.237. The monoisotopic (exact) mass is 291 g/mol. The smallest absolute Gasteiger partial charge is 0.241 e. The SMILES string of the molecule is CN1CCN(C(C(=O)NCCCO)c2ccccc2)CC1. The van der Waals surface area contributed by atoms with Gasteiger partial charge in [-0.05, 0) is 19.0 Å². The fraction of sp³-hybridized carbons (Fsp3) is 0.562. The van der Waals surface area contributed by atoms with Crippen LogP contribution in [0.15, 0.2) is 30.3 Å². The first-order chi connectivity index (χ1) is 10.2. The molecule has 1 unspecified atom stereocenters. The van der Waals surface area contributed by atoms with E-state index in [-0.39, 0.29) is 18.6 Å². The molecule has 1 aromatic rings. The highest BCUT2D eigenvalue weighted by molar-refractivity contribution is 5.83. The number of hydrogen-bond acceptors (Lipinski definition) is 4. The molecule has 0 saturated carbocycles. The number of nitrogens with zero attached hydrogens (tertiary/aromatic N) is 2. The molecule has 1 atom stereocenters. The first kappa shape index (κ1) is 15.9. The van der Waals surface area contributed by atoms with Crippen molar-refractivity contribution in [1.29, 1.82) is 0 Å². The van der Waals surface area contributed by atoms with E-state index in [9.17, 15) is 4.79 Å². The molecule has 1 fully saturated rings. The number of nitrogens with one attached hydrogen (secondary N) is 1. The molecule has 1 heterocycles. The average molecular weight is 291 g/mol. The van der Waals surface area contributed by atoms with E-state index in [0.717, 1.165) is 31.7 Å². The van der Waals surface area contributed by atoms with E-state index in [1.807, 2.05) is 30.3 Å². The van der Waals surface area contributed by atoms with Gasteiger partial charge in [-0.25, -0.2) is 0 Å². The topological polar surface area (TPSA) is 55.8 Å². The number of rotatable bonds is 6. The van der Waals surface area contributed by atoms with Crippen LogP contribution in [0.4, 0.5) is 0 Å². The quantitative estimate of drug-likeness (QED) is 0.748. The van der Waals surface area contributed by atoms with Crippen molar-refractivity contribution in [3.05, 3.63) is 35.9 Å². The Kier molecular flexibility index (Phi) is 6.17. The summed E-state index contributed by atoms with van der Waals surface area (Å²) in [5.74, 6) is 0.0270. The van der Waals surface area contributed by atoms with Crippen molar-refractivity contribution in [2.24, 2.45) is 0 Å². The number of hydrogen-bond donors (Lipinski definition) is 2. The summed E-state index contributed by atoms with van der Waals surface area (Å²) in [6.45, 7) is 4.37. The molecule has 1 aliphatic rings. The molecule has 1 saturated heterocycles. The van der Waals surface area contributed by atoms with Crippen molar-refractivity contribution >= 4 is 5.91 Å². The predicted molar refractivity (Wildman–Crippen MR) is 83.0 cm³/mol. The van der Waals surface area contributed by atoms with Crippen LogP contribution in [-0.2, 0) is 4.79 Å². The van der Waals surface area contributed by atoms with Crippen LogP contribution in [0.3, 0.4) is 0 Å². The van der Waals surface area contributed by atoms with Gasteiger partial charge in [-0.3, -0.25) is 9.69 Å². The Bertz CT molecular complexity index is 430. The minimum absolute atomic E-state index is 0.0270. The van der Waals surface area contributed by atoms with Crippen molar-refractivity contribution < 1.29 is 9.90 Å². The van der Waals surface area contributed by atoms with Crippen molar-refractivity contribution in [3.63, 3.8) is 0 Å². The summed E-state index contributed by atoms with van der Waals surface area (Å²) in [5, 5.41) is 11.8. The van der Waals surface area contributed by atoms with Crippen LogP contribution in [0.5, 0.6) is 0 Å². The molecule has 0 aromatic heterocycles. The summed E-state index contributed by atoms with van der Waals surface area (Å²) in [4.78, 5) is 17.1. The van der Waals surface area contributed by atoms with Crippen LogP contribution in [0.1, 0.15) is 18.0 Å². The highest BCUT2D eigenvalue weighted by Crippen LogP contribution is 2.22. The van der Waals surface area contributed by atoms with Gasteiger partial charge < -0.3 is 15.3 Å². The normalized spacial score (nSPS) is 18.4. The lowest BCUT2D eigenvalue weighted by Gasteiger charge is -2.37. The van der Waals surface area contributed by atoms with Gasteiger partial charge in [0.15, 0.2) is 0 Å². The Morgan fingerprint density at radius 3 is 2.52 bits per heavy atom. The maximum atomic E-state index is 12.6. The van der Waals surface area contributed by atoms with Gasteiger partial charge in [-0.2, -0.15) is 0 Å². The van der Waals surface area contributed by atoms with Crippen molar-refractivity contribution in [1.82, 2.24) is 15.1 Å². The summed E-state index contributed by atoms with van der Waals surface area (Å²) in [6.07, 6.45) is 0.593. The lowest BCUT2D eigenvalue weighted by molar-refractivity contribution is -0.127. The highest BCUT2D eigenvalue weighted by atomic mass is 16.3. The molecule has 0 spiro atoms. The number of carbonyl (C=O) groups excluding carboxylic acids is 1. The molecule has 1 aromatic carbocycles. The Morgan fingerprint density at radius 1 is 1.24 bits per heavy atom. The van der Waals surface area contributed by atoms with Crippen LogP contribution in [0.25, 0.3) is 0 Å². The highest BCUT2D eigenvalue weighted by Gasteiger charge is 2.29. The van der Waals surface area contributed by atoms with E-state index in [1.165, 1.54) is 0 Å². The standard InChI is InChI=1S/C16H25N3O2/c1-18-9-11-19(12-10-18)15(14-6-3-2-4-7-14)16(21)17-8-5-13-20/h2-4,6-7,15,20H,5,8-13H2,1H3,(H,17,21). The van der Waals surface area contributed by atoms with Crippen molar-refractivity contribution in [2.75, 3.05) is 46.4 Å². The number of aliphatic hydroxyl groups excluding tert-OH is 1. The third kappa shape index (κ3) is 4.52. The molecule has 0 bridgehead atoms. The summed E-state index contributed by atoms with van der Waals surface area (Å²) in [6, 6.07) is 9.69. The zero-order chi connectivity index (χ0) is 15.1. The second-order valence-corrected chi connectivity index (χ2v) is 5.52. The van der Waals surface area contributed by atoms with E-state index in [0.29, 0.717) is 13.0 Å². The fourth-order valence-corrected chi connectivity index (χ4v) is 2.63. The van der Waals surface area contributed by atoms with Gasteiger partial charge in [0, 0.05) is 39.3 Å². The lowest BCUT2D eigenvalue weighted by atomic mass is 10.0. The number of carbonyl (C=O) groups is 1. The number of amides is 1. The van der Waals surface area contributed by atoms with Crippen molar-refractivity contribution in [3.8, 4) is 0 Å². The molecule has 116 valence electrons. The predicted octanol–water partition coefficient (Wildman–Crippen LogP) is 0.474. The van der Waals surface area contributed by atoms with Crippen LogP contribution < -0.4 is 5.32 Å². The summed E-state index contributed by atoms with van der Waals surface area (Å²) in [7, 11) is 2.11. The van der Waals surface area contributed by atoms with Crippen molar-refractivity contribution in [2.45, 2.75) is 12.5 Å². The Balaban J connectivity index is 2.09. The summed E-state index contributed by atoms with van der Waals surface area (Å²) < 4.78 is 0. The molecular weight excluding hydrogens is 266 g/mol. The largest absolute Gasteiger partial charge is 0.396 e. The lowest BCUT2D eigenvalue weighted by Crippen LogP contribution is -2.50. The molecule has 1 aliphatic heterocycles. The first-order valence-electron chi connectivity index (χ1n) is 7.58. The molecule has 2 rings (SSSR count). The van der Waals surface area contributed by atoms with Gasteiger partial charge in [0.2, 0.25) is 5.91 Å². The number of likely N-dealkylation sites (N-methyl/N-ethyl adjacent to an activating group) is 1.